The van der Waals surface area contributed by atoms with E-state index in [2.05, 4.69) is 27.3 Å². The van der Waals surface area contributed by atoms with E-state index >= 15 is 0 Å². The van der Waals surface area contributed by atoms with E-state index in [-0.39, 0.29) is 5.91 Å². The fraction of sp³-hybridized carbons (Fsp3) is 0.333. The Bertz CT molecular complexity index is 515. The summed E-state index contributed by atoms with van der Waals surface area (Å²) in [5, 5.41) is 12.7. The lowest BCUT2D eigenvalue weighted by atomic mass is 10.1. The van der Waals surface area contributed by atoms with Crippen molar-refractivity contribution in [1.29, 1.82) is 5.26 Å². The van der Waals surface area contributed by atoms with Crippen molar-refractivity contribution < 1.29 is 4.79 Å². The van der Waals surface area contributed by atoms with Crippen LogP contribution in [0.4, 0.5) is 0 Å². The molecule has 1 aliphatic heterocycles. The Morgan fingerprint density at radius 1 is 1.61 bits per heavy atom. The average Bonchev–Trinajstić information content (AvgIpc) is 2.38. The molecule has 1 fully saturated rings. The maximum absolute atomic E-state index is 12.4. The third kappa shape index (κ3) is 2.66. The zero-order chi connectivity index (χ0) is 13.1. The lowest BCUT2D eigenvalue weighted by Crippen LogP contribution is -2.53. The third-order valence-corrected chi connectivity index (χ3v) is 3.71. The molecule has 1 unspecified atom stereocenters. The number of carbonyl (C=O) groups excluding carboxylic acids is 1. The zero-order valence-corrected chi connectivity index (χ0v) is 11.8. The lowest BCUT2D eigenvalue weighted by molar-refractivity contribution is 0.0686. The van der Waals surface area contributed by atoms with Crippen molar-refractivity contribution in [3.8, 4) is 6.07 Å². The van der Waals surface area contributed by atoms with E-state index in [4.69, 9.17) is 16.9 Å². The van der Waals surface area contributed by atoms with Gasteiger partial charge >= 0.3 is 0 Å². The van der Waals surface area contributed by atoms with Crippen LogP contribution in [0.5, 0.6) is 0 Å². The van der Waals surface area contributed by atoms with E-state index in [1.807, 2.05) is 0 Å². The quantitative estimate of drug-likeness (QED) is 0.858. The van der Waals surface area contributed by atoms with Gasteiger partial charge in [0.25, 0.3) is 5.91 Å². The largest absolute Gasteiger partial charge is 0.320 e. The first-order valence-electron chi connectivity index (χ1n) is 5.50. The molecule has 1 amide bonds. The minimum absolute atomic E-state index is 0.147. The van der Waals surface area contributed by atoms with Crippen LogP contribution in [0.25, 0.3) is 0 Å². The molecular formula is C12H11BrClN3O. The smallest absolute Gasteiger partial charge is 0.256 e. The molecule has 1 aromatic carbocycles. The summed E-state index contributed by atoms with van der Waals surface area (Å²) < 4.78 is 0.648. The first-order chi connectivity index (χ1) is 8.63. The van der Waals surface area contributed by atoms with Crippen LogP contribution < -0.4 is 5.32 Å². The lowest BCUT2D eigenvalue weighted by Gasteiger charge is -2.32. The summed E-state index contributed by atoms with van der Waals surface area (Å²) in [7, 11) is 0. The van der Waals surface area contributed by atoms with E-state index < -0.39 is 6.04 Å². The highest BCUT2D eigenvalue weighted by molar-refractivity contribution is 9.10. The minimum Gasteiger partial charge on any atom is -0.320 e. The fourth-order valence-corrected chi connectivity index (χ4v) is 2.73. The van der Waals surface area contributed by atoms with E-state index in [0.717, 1.165) is 0 Å². The molecule has 0 saturated carbocycles. The molecule has 0 aromatic heterocycles. The molecule has 0 radical (unpaired) electrons. The second-order valence-electron chi connectivity index (χ2n) is 3.97. The Labute approximate surface area is 119 Å². The summed E-state index contributed by atoms with van der Waals surface area (Å²) >= 11 is 9.17. The van der Waals surface area contributed by atoms with Gasteiger partial charge in [-0.2, -0.15) is 5.26 Å². The SMILES string of the molecule is N#CC1CNCCN1C(=O)c1ccc(Cl)cc1Br. The summed E-state index contributed by atoms with van der Waals surface area (Å²) in [6.07, 6.45) is 0. The Morgan fingerprint density at radius 2 is 2.39 bits per heavy atom. The van der Waals surface area contributed by atoms with E-state index in [9.17, 15) is 4.79 Å². The summed E-state index contributed by atoms with van der Waals surface area (Å²) in [6.45, 7) is 1.74. The maximum Gasteiger partial charge on any atom is 0.256 e. The van der Waals surface area contributed by atoms with Gasteiger partial charge in [0.2, 0.25) is 0 Å². The highest BCUT2D eigenvalue weighted by atomic mass is 79.9. The molecule has 1 saturated heterocycles. The summed E-state index contributed by atoms with van der Waals surface area (Å²) in [4.78, 5) is 14.0. The first-order valence-corrected chi connectivity index (χ1v) is 6.67. The molecule has 18 heavy (non-hydrogen) atoms. The van der Waals surface area contributed by atoms with Crippen LogP contribution in [-0.4, -0.2) is 36.5 Å². The molecule has 94 valence electrons. The predicted molar refractivity (Wildman–Crippen MR) is 72.5 cm³/mol. The van der Waals surface area contributed by atoms with Crippen LogP contribution in [0.3, 0.4) is 0 Å². The predicted octanol–water partition coefficient (Wildman–Crippen LogP) is 2.04. The Balaban J connectivity index is 2.27. The van der Waals surface area contributed by atoms with Crippen LogP contribution in [0.15, 0.2) is 22.7 Å². The van der Waals surface area contributed by atoms with Crippen molar-refractivity contribution in [2.24, 2.45) is 0 Å². The first kappa shape index (κ1) is 13.3. The Hall–Kier alpha value is -1.09. The molecule has 1 atom stereocenters. The minimum atomic E-state index is -0.422. The Kier molecular flexibility index (Phi) is 4.23. The standard InChI is InChI=1S/C12H11BrClN3O/c13-11-5-8(14)1-2-10(11)12(18)17-4-3-16-7-9(17)6-15/h1-2,5,9,16H,3-4,7H2. The number of nitrogens with zero attached hydrogens (tertiary/aromatic N) is 2. The second kappa shape index (κ2) is 5.70. The second-order valence-corrected chi connectivity index (χ2v) is 5.26. The number of hydrogen-bond acceptors (Lipinski definition) is 3. The van der Waals surface area contributed by atoms with Gasteiger partial charge < -0.3 is 10.2 Å². The van der Waals surface area contributed by atoms with Crippen LogP contribution in [0.1, 0.15) is 10.4 Å². The van der Waals surface area contributed by atoms with Crippen molar-refractivity contribution >= 4 is 33.4 Å². The molecule has 0 aliphatic carbocycles. The number of nitriles is 1. The molecule has 1 aliphatic rings. The monoisotopic (exact) mass is 327 g/mol. The topological polar surface area (TPSA) is 56.1 Å². The molecule has 0 bridgehead atoms. The van der Waals surface area contributed by atoms with Crippen LogP contribution in [-0.2, 0) is 0 Å². The van der Waals surface area contributed by atoms with E-state index in [1.165, 1.54) is 0 Å². The number of benzene rings is 1. The van der Waals surface area contributed by atoms with Crippen molar-refractivity contribution in [3.05, 3.63) is 33.3 Å². The highest BCUT2D eigenvalue weighted by Crippen LogP contribution is 2.23. The average molecular weight is 329 g/mol. The number of halogens is 2. The van der Waals surface area contributed by atoms with Crippen LogP contribution in [0.2, 0.25) is 5.02 Å². The summed E-state index contributed by atoms with van der Waals surface area (Å²) in [5.41, 5.74) is 0.529. The molecule has 1 N–H and O–H groups in total. The third-order valence-electron chi connectivity index (χ3n) is 2.81. The van der Waals surface area contributed by atoms with Gasteiger partial charge in [0.05, 0.1) is 11.6 Å². The number of amides is 1. The van der Waals surface area contributed by atoms with Gasteiger partial charge in [-0.3, -0.25) is 4.79 Å². The van der Waals surface area contributed by atoms with Crippen molar-refractivity contribution in [2.75, 3.05) is 19.6 Å². The molecule has 2 rings (SSSR count). The molecule has 1 aromatic rings. The van der Waals surface area contributed by atoms with Gasteiger partial charge in [-0.05, 0) is 34.1 Å². The highest BCUT2D eigenvalue weighted by Gasteiger charge is 2.28. The molecule has 6 heteroatoms. The van der Waals surface area contributed by atoms with Crippen LogP contribution >= 0.6 is 27.5 Å². The number of rotatable bonds is 1. The maximum atomic E-state index is 12.4. The summed E-state index contributed by atoms with van der Waals surface area (Å²) in [5.74, 6) is -0.147. The zero-order valence-electron chi connectivity index (χ0n) is 9.49. The van der Waals surface area contributed by atoms with Gasteiger partial charge in [-0.15, -0.1) is 0 Å². The Morgan fingerprint density at radius 3 is 3.06 bits per heavy atom. The fourth-order valence-electron chi connectivity index (χ4n) is 1.88. The molecule has 0 spiro atoms. The number of piperazine rings is 1. The number of nitrogens with one attached hydrogen (secondary N) is 1. The van der Waals surface area contributed by atoms with Gasteiger partial charge in [0.15, 0.2) is 0 Å². The van der Waals surface area contributed by atoms with Gasteiger partial charge in [-0.25, -0.2) is 0 Å². The number of hydrogen-bond donors (Lipinski definition) is 1. The van der Waals surface area contributed by atoms with E-state index in [0.29, 0.717) is 34.7 Å². The molecule has 1 heterocycles. The summed E-state index contributed by atoms with van der Waals surface area (Å²) in [6, 6.07) is 6.73. The van der Waals surface area contributed by atoms with Crippen LogP contribution in [0, 0.1) is 11.3 Å². The molecular weight excluding hydrogens is 318 g/mol. The van der Waals surface area contributed by atoms with Gasteiger partial charge in [0, 0.05) is 29.1 Å². The van der Waals surface area contributed by atoms with Crippen molar-refractivity contribution in [1.82, 2.24) is 10.2 Å². The molecule has 4 nitrogen and oxygen atoms in total. The van der Waals surface area contributed by atoms with Gasteiger partial charge in [-0.1, -0.05) is 11.6 Å². The normalized spacial score (nSPS) is 19.4. The van der Waals surface area contributed by atoms with Gasteiger partial charge in [0.1, 0.15) is 6.04 Å². The van der Waals surface area contributed by atoms with Crippen molar-refractivity contribution in [2.45, 2.75) is 6.04 Å². The number of carbonyl (C=O) groups is 1. The van der Waals surface area contributed by atoms with Crippen molar-refractivity contribution in [3.63, 3.8) is 0 Å². The van der Waals surface area contributed by atoms with E-state index in [1.54, 1.807) is 23.1 Å².